The van der Waals surface area contributed by atoms with Crippen LogP contribution in [0.25, 0.3) is 0 Å². The Balaban J connectivity index is 4.76. The van der Waals surface area contributed by atoms with E-state index in [0.29, 0.717) is 6.42 Å². The third-order valence-corrected chi connectivity index (χ3v) is 2.78. The fourth-order valence-electron chi connectivity index (χ4n) is 2.91. The fraction of sp³-hybridized carbons (Fsp3) is 0.938. The van der Waals surface area contributed by atoms with E-state index in [1.165, 1.54) is 0 Å². The van der Waals surface area contributed by atoms with Gasteiger partial charge in [0.05, 0.1) is 5.41 Å². The van der Waals surface area contributed by atoms with E-state index < -0.39 is 11.0 Å². The van der Waals surface area contributed by atoms with Gasteiger partial charge in [-0.15, -0.1) is 0 Å². The summed E-state index contributed by atoms with van der Waals surface area (Å²) in [6, 6.07) is 0. The number of esters is 1. The van der Waals surface area contributed by atoms with E-state index in [-0.39, 0.29) is 16.9 Å². The summed E-state index contributed by atoms with van der Waals surface area (Å²) in [6.07, 6.45) is 1.43. The highest BCUT2D eigenvalue weighted by atomic mass is 16.6. The Morgan fingerprint density at radius 3 is 1.63 bits per heavy atom. The van der Waals surface area contributed by atoms with Gasteiger partial charge in [-0.1, -0.05) is 20.8 Å². The van der Waals surface area contributed by atoms with Crippen molar-refractivity contribution >= 4 is 5.97 Å². The van der Waals surface area contributed by atoms with Crippen molar-refractivity contribution in [1.82, 2.24) is 0 Å². The standard InChI is InChI=1S/C16H33NO2/c1-13(2,3)10-16(8,9)19-12(18)14(4,5)11-15(6,7)17/h10-11,17H2,1-9H3. The molecule has 3 heteroatoms. The molecule has 19 heavy (non-hydrogen) atoms. The summed E-state index contributed by atoms with van der Waals surface area (Å²) in [5.41, 5.74) is 4.75. The molecule has 0 aliphatic rings. The Morgan fingerprint density at radius 1 is 0.895 bits per heavy atom. The predicted octanol–water partition coefficient (Wildman–Crippen LogP) is 3.90. The van der Waals surface area contributed by atoms with Crippen LogP contribution in [0, 0.1) is 10.8 Å². The molecule has 0 amide bonds. The van der Waals surface area contributed by atoms with Crippen LogP contribution in [0.15, 0.2) is 0 Å². The van der Waals surface area contributed by atoms with Crippen molar-refractivity contribution in [2.45, 2.75) is 86.3 Å². The Kier molecular flexibility index (Phi) is 5.27. The molecule has 0 aliphatic carbocycles. The van der Waals surface area contributed by atoms with Gasteiger partial charge in [0.25, 0.3) is 0 Å². The van der Waals surface area contributed by atoms with Gasteiger partial charge in [-0.25, -0.2) is 0 Å². The predicted molar refractivity (Wildman–Crippen MR) is 80.9 cm³/mol. The summed E-state index contributed by atoms with van der Waals surface area (Å²) in [7, 11) is 0. The lowest BCUT2D eigenvalue weighted by molar-refractivity contribution is -0.170. The van der Waals surface area contributed by atoms with Crippen LogP contribution < -0.4 is 5.73 Å². The van der Waals surface area contributed by atoms with Crippen molar-refractivity contribution < 1.29 is 9.53 Å². The molecule has 0 unspecified atom stereocenters. The van der Waals surface area contributed by atoms with Crippen LogP contribution in [-0.2, 0) is 9.53 Å². The smallest absolute Gasteiger partial charge is 0.312 e. The van der Waals surface area contributed by atoms with Crippen molar-refractivity contribution in [2.75, 3.05) is 0 Å². The van der Waals surface area contributed by atoms with E-state index in [1.807, 2.05) is 41.5 Å². The lowest BCUT2D eigenvalue weighted by Crippen LogP contribution is -2.44. The number of carbonyl (C=O) groups excluding carboxylic acids is 1. The summed E-state index contributed by atoms with van der Waals surface area (Å²) in [6.45, 7) is 18.1. The van der Waals surface area contributed by atoms with Crippen molar-refractivity contribution in [3.63, 3.8) is 0 Å². The molecular weight excluding hydrogens is 238 g/mol. The molecule has 0 fully saturated rings. The number of ether oxygens (including phenoxy) is 1. The first-order valence-corrected chi connectivity index (χ1v) is 7.07. The summed E-state index contributed by atoms with van der Waals surface area (Å²) in [5, 5.41) is 0. The second kappa shape index (κ2) is 5.43. The zero-order chi connectivity index (χ0) is 15.7. The number of hydrogen-bond donors (Lipinski definition) is 1. The zero-order valence-electron chi connectivity index (χ0n) is 14.3. The van der Waals surface area contributed by atoms with Crippen LogP contribution in [0.4, 0.5) is 0 Å². The maximum Gasteiger partial charge on any atom is 0.312 e. The topological polar surface area (TPSA) is 52.3 Å². The minimum Gasteiger partial charge on any atom is -0.459 e. The highest BCUT2D eigenvalue weighted by molar-refractivity contribution is 5.76. The molecule has 0 heterocycles. The maximum atomic E-state index is 12.4. The molecule has 0 aromatic carbocycles. The average molecular weight is 271 g/mol. The van der Waals surface area contributed by atoms with Gasteiger partial charge in [-0.2, -0.15) is 0 Å². The highest BCUT2D eigenvalue weighted by Crippen LogP contribution is 2.34. The van der Waals surface area contributed by atoms with Crippen molar-refractivity contribution in [3.05, 3.63) is 0 Å². The van der Waals surface area contributed by atoms with Crippen molar-refractivity contribution in [1.29, 1.82) is 0 Å². The lowest BCUT2D eigenvalue weighted by atomic mass is 9.80. The zero-order valence-corrected chi connectivity index (χ0v) is 14.3. The minimum absolute atomic E-state index is 0.126. The first-order chi connectivity index (χ1) is 8.04. The van der Waals surface area contributed by atoms with E-state index in [1.54, 1.807) is 0 Å². The second-order valence-corrected chi connectivity index (χ2v) is 8.94. The van der Waals surface area contributed by atoms with E-state index in [0.717, 1.165) is 6.42 Å². The highest BCUT2D eigenvalue weighted by Gasteiger charge is 2.38. The molecule has 2 N–H and O–H groups in total. The molecule has 0 saturated carbocycles. The first-order valence-electron chi connectivity index (χ1n) is 7.07. The molecule has 0 spiro atoms. The molecule has 3 nitrogen and oxygen atoms in total. The van der Waals surface area contributed by atoms with Gasteiger partial charge in [0.15, 0.2) is 0 Å². The molecule has 0 atom stereocenters. The van der Waals surface area contributed by atoms with E-state index >= 15 is 0 Å². The Morgan fingerprint density at radius 2 is 1.32 bits per heavy atom. The molecule has 0 aliphatic heterocycles. The molecule has 0 aromatic rings. The van der Waals surface area contributed by atoms with Gasteiger partial charge in [-0.3, -0.25) is 4.79 Å². The maximum absolute atomic E-state index is 12.4. The number of rotatable bonds is 5. The van der Waals surface area contributed by atoms with Gasteiger partial charge in [-0.05, 0) is 59.8 Å². The van der Waals surface area contributed by atoms with Crippen molar-refractivity contribution in [2.24, 2.45) is 16.6 Å². The van der Waals surface area contributed by atoms with Crippen LogP contribution in [0.3, 0.4) is 0 Å². The van der Waals surface area contributed by atoms with E-state index in [2.05, 4.69) is 20.8 Å². The lowest BCUT2D eigenvalue weighted by Gasteiger charge is -2.37. The molecule has 0 rings (SSSR count). The SMILES string of the molecule is CC(C)(C)CC(C)(C)OC(=O)C(C)(C)CC(C)(C)N. The molecular formula is C16H33NO2. The molecule has 0 radical (unpaired) electrons. The Bertz CT molecular complexity index is 317. The number of nitrogens with two attached hydrogens (primary N) is 1. The monoisotopic (exact) mass is 271 g/mol. The summed E-state index contributed by atoms with van der Waals surface area (Å²) < 4.78 is 5.73. The van der Waals surface area contributed by atoms with Gasteiger partial charge in [0.2, 0.25) is 0 Å². The van der Waals surface area contributed by atoms with Crippen molar-refractivity contribution in [3.8, 4) is 0 Å². The Hall–Kier alpha value is -0.570. The largest absolute Gasteiger partial charge is 0.459 e. The summed E-state index contributed by atoms with van der Waals surface area (Å²) in [4.78, 5) is 12.4. The molecule has 0 bridgehead atoms. The van der Waals surface area contributed by atoms with Crippen LogP contribution in [-0.4, -0.2) is 17.1 Å². The fourth-order valence-corrected chi connectivity index (χ4v) is 2.91. The van der Waals surface area contributed by atoms with Crippen LogP contribution in [0.1, 0.15) is 75.2 Å². The molecule has 0 aromatic heterocycles. The minimum atomic E-state index is -0.562. The summed E-state index contributed by atoms with van der Waals surface area (Å²) >= 11 is 0. The Labute approximate surface area is 119 Å². The number of carbonyl (C=O) groups is 1. The van der Waals surface area contributed by atoms with E-state index in [4.69, 9.17) is 10.5 Å². The molecule has 0 saturated heterocycles. The van der Waals surface area contributed by atoms with Crippen LogP contribution >= 0.6 is 0 Å². The summed E-state index contributed by atoms with van der Waals surface area (Å²) in [5.74, 6) is -0.166. The van der Waals surface area contributed by atoms with E-state index in [9.17, 15) is 4.79 Å². The van der Waals surface area contributed by atoms with Gasteiger partial charge < -0.3 is 10.5 Å². The normalized spacial score (nSPS) is 14.4. The third-order valence-electron chi connectivity index (χ3n) is 2.78. The quantitative estimate of drug-likeness (QED) is 0.772. The second-order valence-electron chi connectivity index (χ2n) is 8.94. The van der Waals surface area contributed by atoms with Gasteiger partial charge >= 0.3 is 5.97 Å². The first kappa shape index (κ1) is 18.4. The van der Waals surface area contributed by atoms with Gasteiger partial charge in [0.1, 0.15) is 5.60 Å². The van der Waals surface area contributed by atoms with Crippen LogP contribution in [0.5, 0.6) is 0 Å². The average Bonchev–Trinajstić information content (AvgIpc) is 1.91. The van der Waals surface area contributed by atoms with Crippen LogP contribution in [0.2, 0.25) is 0 Å². The number of hydrogen-bond acceptors (Lipinski definition) is 3. The molecule has 114 valence electrons. The van der Waals surface area contributed by atoms with Gasteiger partial charge in [0, 0.05) is 5.54 Å². The third kappa shape index (κ3) is 8.25.